The van der Waals surface area contributed by atoms with Crippen molar-refractivity contribution >= 4 is 23.4 Å². The van der Waals surface area contributed by atoms with Gasteiger partial charge < -0.3 is 15.4 Å². The largest absolute Gasteiger partial charge is 0.445 e. The van der Waals surface area contributed by atoms with E-state index in [-0.39, 0.29) is 24.6 Å². The van der Waals surface area contributed by atoms with Gasteiger partial charge in [-0.2, -0.15) is 0 Å². The molecule has 0 saturated carbocycles. The van der Waals surface area contributed by atoms with Crippen LogP contribution in [0.3, 0.4) is 0 Å². The lowest BCUT2D eigenvalue weighted by molar-refractivity contribution is 0.129. The third-order valence-electron chi connectivity index (χ3n) is 4.80. The van der Waals surface area contributed by atoms with E-state index < -0.39 is 6.09 Å². The molecule has 0 spiro atoms. The van der Waals surface area contributed by atoms with Gasteiger partial charge in [-0.05, 0) is 17.5 Å². The maximum atomic E-state index is 12.4. The van der Waals surface area contributed by atoms with Gasteiger partial charge in [0.05, 0.1) is 22.4 Å². The number of alkyl carbamates (subject to hydrolysis) is 1. The first-order valence-corrected chi connectivity index (χ1v) is 9.22. The molecule has 2 N–H and O–H groups in total. The molecule has 2 heterocycles. The Hall–Kier alpha value is -2.27. The smallest absolute Gasteiger partial charge is 0.408 e. The number of nitrogens with one attached hydrogen (secondary N) is 2. The third kappa shape index (κ3) is 4.10. The standard InChI is InChI=1S/C20H24ClN3O2/c1-12(2)17-13(3)18(19-16(23-17)9-15(21)10-22-19)24-20(25)26-11-14-7-5-4-6-8-14/h4-10,12-13,17-18,23H,11H2,1-3H3,(H,24,25). The minimum atomic E-state index is -0.446. The predicted molar refractivity (Wildman–Crippen MR) is 103 cm³/mol. The number of carbonyl (C=O) groups is 1. The first-order valence-electron chi connectivity index (χ1n) is 8.85. The molecule has 0 radical (unpaired) electrons. The summed E-state index contributed by atoms with van der Waals surface area (Å²) in [5, 5.41) is 7.07. The highest BCUT2D eigenvalue weighted by Gasteiger charge is 2.37. The van der Waals surface area contributed by atoms with Gasteiger partial charge in [-0.25, -0.2) is 4.79 Å². The molecule has 138 valence electrons. The van der Waals surface area contributed by atoms with Crippen molar-refractivity contribution in [3.05, 3.63) is 58.9 Å². The quantitative estimate of drug-likeness (QED) is 0.808. The van der Waals surface area contributed by atoms with E-state index in [0.29, 0.717) is 10.9 Å². The summed E-state index contributed by atoms with van der Waals surface area (Å²) in [5.74, 6) is 0.544. The molecule has 1 aromatic heterocycles. The maximum Gasteiger partial charge on any atom is 0.408 e. The van der Waals surface area contributed by atoms with Crippen molar-refractivity contribution in [2.24, 2.45) is 11.8 Å². The van der Waals surface area contributed by atoms with Gasteiger partial charge in [-0.15, -0.1) is 0 Å². The van der Waals surface area contributed by atoms with Crippen LogP contribution in [0.25, 0.3) is 0 Å². The van der Waals surface area contributed by atoms with Crippen molar-refractivity contribution in [1.29, 1.82) is 0 Å². The second kappa shape index (κ2) is 7.96. The van der Waals surface area contributed by atoms with Gasteiger partial charge in [0.2, 0.25) is 0 Å². The Labute approximate surface area is 159 Å². The second-order valence-electron chi connectivity index (χ2n) is 7.04. The summed E-state index contributed by atoms with van der Waals surface area (Å²) in [6.07, 6.45) is 1.16. The minimum Gasteiger partial charge on any atom is -0.445 e. The third-order valence-corrected chi connectivity index (χ3v) is 5.01. The Bertz CT molecular complexity index is 767. The number of hydrogen-bond donors (Lipinski definition) is 2. The fourth-order valence-electron chi connectivity index (χ4n) is 3.45. The summed E-state index contributed by atoms with van der Waals surface area (Å²) < 4.78 is 5.39. The molecule has 2 aromatic rings. The van der Waals surface area contributed by atoms with Crippen LogP contribution in [0, 0.1) is 11.8 Å². The molecular weight excluding hydrogens is 350 g/mol. The van der Waals surface area contributed by atoms with Crippen molar-refractivity contribution < 1.29 is 9.53 Å². The maximum absolute atomic E-state index is 12.4. The van der Waals surface area contributed by atoms with E-state index in [1.807, 2.05) is 36.4 Å². The number of aromatic nitrogens is 1. The predicted octanol–water partition coefficient (Wildman–Crippen LogP) is 4.79. The van der Waals surface area contributed by atoms with Crippen molar-refractivity contribution in [2.75, 3.05) is 5.32 Å². The summed E-state index contributed by atoms with van der Waals surface area (Å²) in [6, 6.07) is 11.4. The van der Waals surface area contributed by atoms with Crippen LogP contribution in [0.5, 0.6) is 0 Å². The fraction of sp³-hybridized carbons (Fsp3) is 0.400. The Morgan fingerprint density at radius 2 is 2.08 bits per heavy atom. The number of pyridine rings is 1. The number of hydrogen-bond acceptors (Lipinski definition) is 4. The molecule has 6 heteroatoms. The van der Waals surface area contributed by atoms with Gasteiger partial charge in [-0.3, -0.25) is 4.98 Å². The van der Waals surface area contributed by atoms with Crippen molar-refractivity contribution in [2.45, 2.75) is 39.5 Å². The lowest BCUT2D eigenvalue weighted by Crippen LogP contribution is -2.46. The molecule has 0 aliphatic carbocycles. The van der Waals surface area contributed by atoms with E-state index in [0.717, 1.165) is 16.9 Å². The van der Waals surface area contributed by atoms with E-state index in [1.54, 1.807) is 6.20 Å². The Morgan fingerprint density at radius 3 is 2.77 bits per heavy atom. The number of amides is 1. The Kier molecular flexibility index (Phi) is 5.67. The van der Waals surface area contributed by atoms with Crippen molar-refractivity contribution in [3.63, 3.8) is 0 Å². The molecule has 1 aliphatic rings. The highest BCUT2D eigenvalue weighted by molar-refractivity contribution is 6.30. The molecule has 3 atom stereocenters. The van der Waals surface area contributed by atoms with Gasteiger partial charge >= 0.3 is 6.09 Å². The number of rotatable bonds is 4. The number of anilines is 1. The molecule has 26 heavy (non-hydrogen) atoms. The molecule has 0 bridgehead atoms. The minimum absolute atomic E-state index is 0.153. The number of nitrogens with zero attached hydrogens (tertiary/aromatic N) is 1. The van der Waals surface area contributed by atoms with Crippen molar-refractivity contribution in [1.82, 2.24) is 10.3 Å². The highest BCUT2D eigenvalue weighted by Crippen LogP contribution is 2.38. The number of fused-ring (bicyclic) bond motifs is 1. The first kappa shape index (κ1) is 18.5. The average Bonchev–Trinajstić information content (AvgIpc) is 2.62. The Balaban J connectivity index is 1.75. The molecule has 3 rings (SSSR count). The zero-order valence-electron chi connectivity index (χ0n) is 15.2. The molecule has 5 nitrogen and oxygen atoms in total. The van der Waals surface area contributed by atoms with Crippen LogP contribution >= 0.6 is 11.6 Å². The van der Waals surface area contributed by atoms with E-state index in [2.05, 4.69) is 36.4 Å². The van der Waals surface area contributed by atoms with Crippen LogP contribution in [-0.4, -0.2) is 17.1 Å². The van der Waals surface area contributed by atoms with Gasteiger partial charge in [0.15, 0.2) is 0 Å². The van der Waals surface area contributed by atoms with Crippen LogP contribution in [0.4, 0.5) is 10.5 Å². The normalized spacial score (nSPS) is 21.7. The summed E-state index contributed by atoms with van der Waals surface area (Å²) in [6.45, 7) is 6.66. The van der Waals surface area contributed by atoms with E-state index in [1.165, 1.54) is 0 Å². The average molecular weight is 374 g/mol. The van der Waals surface area contributed by atoms with E-state index >= 15 is 0 Å². The SMILES string of the molecule is CC(C)C1Nc2cc(Cl)cnc2C(NC(=O)OCc2ccccc2)C1C. The van der Waals surface area contributed by atoms with E-state index in [4.69, 9.17) is 16.3 Å². The van der Waals surface area contributed by atoms with Crippen LogP contribution < -0.4 is 10.6 Å². The van der Waals surface area contributed by atoms with Crippen LogP contribution in [0.2, 0.25) is 5.02 Å². The first-order chi connectivity index (χ1) is 12.5. The van der Waals surface area contributed by atoms with Crippen LogP contribution in [-0.2, 0) is 11.3 Å². The summed E-state index contributed by atoms with van der Waals surface area (Å²) >= 11 is 6.10. The molecule has 1 aromatic carbocycles. The topological polar surface area (TPSA) is 63.2 Å². The summed E-state index contributed by atoms with van der Waals surface area (Å²) in [4.78, 5) is 16.8. The van der Waals surface area contributed by atoms with Gasteiger partial charge in [-0.1, -0.05) is 62.7 Å². The lowest BCUT2D eigenvalue weighted by atomic mass is 9.81. The molecule has 3 unspecified atom stereocenters. The molecule has 1 aliphatic heterocycles. The van der Waals surface area contributed by atoms with Crippen LogP contribution in [0.15, 0.2) is 42.6 Å². The van der Waals surface area contributed by atoms with Gasteiger partial charge in [0.1, 0.15) is 6.61 Å². The van der Waals surface area contributed by atoms with Crippen molar-refractivity contribution in [3.8, 4) is 0 Å². The molecule has 0 fully saturated rings. The zero-order valence-corrected chi connectivity index (χ0v) is 16.0. The monoisotopic (exact) mass is 373 g/mol. The number of carbonyl (C=O) groups excluding carboxylic acids is 1. The molecular formula is C20H24ClN3O2. The zero-order chi connectivity index (χ0) is 18.7. The summed E-state index contributed by atoms with van der Waals surface area (Å²) in [5.41, 5.74) is 2.60. The number of ether oxygens (including phenoxy) is 1. The molecule has 0 saturated heterocycles. The van der Waals surface area contributed by atoms with E-state index in [9.17, 15) is 4.79 Å². The number of benzene rings is 1. The highest BCUT2D eigenvalue weighted by atomic mass is 35.5. The Morgan fingerprint density at radius 1 is 1.35 bits per heavy atom. The fourth-order valence-corrected chi connectivity index (χ4v) is 3.60. The van der Waals surface area contributed by atoms with Gasteiger partial charge in [0.25, 0.3) is 0 Å². The summed E-state index contributed by atoms with van der Waals surface area (Å²) in [7, 11) is 0. The number of halogens is 1. The second-order valence-corrected chi connectivity index (χ2v) is 7.48. The van der Waals surface area contributed by atoms with Crippen LogP contribution in [0.1, 0.15) is 38.1 Å². The lowest BCUT2D eigenvalue weighted by Gasteiger charge is -2.40. The molecule has 1 amide bonds. The van der Waals surface area contributed by atoms with Gasteiger partial charge in [0, 0.05) is 18.2 Å².